The molecule has 0 saturated carbocycles. The fraction of sp³-hybridized carbons (Fsp3) is 0.545. The van der Waals surface area contributed by atoms with Crippen molar-refractivity contribution in [2.75, 3.05) is 6.54 Å². The molecule has 1 aromatic rings. The lowest BCUT2D eigenvalue weighted by molar-refractivity contribution is 0.504. The van der Waals surface area contributed by atoms with Crippen LogP contribution in [0, 0.1) is 11.3 Å². The SMILES string of the molecule is N#Cc1cccn1CCC1CCCN1. The molecule has 0 aromatic carbocycles. The van der Waals surface area contributed by atoms with E-state index >= 15 is 0 Å². The van der Waals surface area contributed by atoms with Crippen LogP contribution in [0.3, 0.4) is 0 Å². The van der Waals surface area contributed by atoms with E-state index in [1.54, 1.807) is 0 Å². The average molecular weight is 189 g/mol. The van der Waals surface area contributed by atoms with Gasteiger partial charge in [0.05, 0.1) is 0 Å². The molecule has 0 radical (unpaired) electrons. The maximum atomic E-state index is 8.81. The molecule has 2 heterocycles. The van der Waals surface area contributed by atoms with Crippen LogP contribution in [0.5, 0.6) is 0 Å². The average Bonchev–Trinajstić information content (AvgIpc) is 2.85. The molecule has 1 aliphatic heterocycles. The summed E-state index contributed by atoms with van der Waals surface area (Å²) in [6.45, 7) is 2.11. The van der Waals surface area contributed by atoms with Crippen molar-refractivity contribution in [2.45, 2.75) is 31.8 Å². The number of nitriles is 1. The van der Waals surface area contributed by atoms with Crippen molar-refractivity contribution >= 4 is 0 Å². The van der Waals surface area contributed by atoms with E-state index in [-0.39, 0.29) is 0 Å². The van der Waals surface area contributed by atoms with Crippen LogP contribution >= 0.6 is 0 Å². The van der Waals surface area contributed by atoms with Crippen molar-refractivity contribution < 1.29 is 0 Å². The van der Waals surface area contributed by atoms with Crippen molar-refractivity contribution in [1.29, 1.82) is 5.26 Å². The zero-order chi connectivity index (χ0) is 9.80. The van der Waals surface area contributed by atoms with Crippen molar-refractivity contribution in [3.63, 3.8) is 0 Å². The Hall–Kier alpha value is -1.27. The summed E-state index contributed by atoms with van der Waals surface area (Å²) in [5.74, 6) is 0. The first-order valence-corrected chi connectivity index (χ1v) is 5.19. The maximum absolute atomic E-state index is 8.81. The topological polar surface area (TPSA) is 40.8 Å². The second kappa shape index (κ2) is 4.30. The fourth-order valence-electron chi connectivity index (χ4n) is 2.01. The highest BCUT2D eigenvalue weighted by atomic mass is 15.0. The molecule has 3 nitrogen and oxygen atoms in total. The number of hydrogen-bond acceptors (Lipinski definition) is 2. The molecule has 14 heavy (non-hydrogen) atoms. The second-order valence-electron chi connectivity index (χ2n) is 3.78. The highest BCUT2D eigenvalue weighted by Crippen LogP contribution is 2.11. The van der Waals surface area contributed by atoms with Crippen LogP contribution in [0.1, 0.15) is 25.0 Å². The van der Waals surface area contributed by atoms with Gasteiger partial charge in [-0.3, -0.25) is 0 Å². The van der Waals surface area contributed by atoms with Crippen molar-refractivity contribution in [3.8, 4) is 6.07 Å². The number of hydrogen-bond donors (Lipinski definition) is 1. The zero-order valence-electron chi connectivity index (χ0n) is 8.24. The third kappa shape index (κ3) is 1.97. The summed E-state index contributed by atoms with van der Waals surface area (Å²) in [6.07, 6.45) is 5.68. The molecule has 1 saturated heterocycles. The molecule has 2 rings (SSSR count). The number of rotatable bonds is 3. The normalized spacial score (nSPS) is 20.9. The van der Waals surface area contributed by atoms with E-state index in [0.29, 0.717) is 6.04 Å². The minimum Gasteiger partial charge on any atom is -0.339 e. The summed E-state index contributed by atoms with van der Waals surface area (Å²) in [5.41, 5.74) is 0.767. The van der Waals surface area contributed by atoms with Crippen LogP contribution in [0.2, 0.25) is 0 Å². The molecule has 1 unspecified atom stereocenters. The number of aromatic nitrogens is 1. The van der Waals surface area contributed by atoms with E-state index in [0.717, 1.165) is 25.2 Å². The molecule has 3 heteroatoms. The van der Waals surface area contributed by atoms with Gasteiger partial charge in [-0.2, -0.15) is 5.26 Å². The van der Waals surface area contributed by atoms with Gasteiger partial charge in [-0.25, -0.2) is 0 Å². The lowest BCUT2D eigenvalue weighted by atomic mass is 10.1. The summed E-state index contributed by atoms with van der Waals surface area (Å²) in [7, 11) is 0. The maximum Gasteiger partial charge on any atom is 0.120 e. The first kappa shape index (κ1) is 9.29. The van der Waals surface area contributed by atoms with Gasteiger partial charge in [-0.05, 0) is 37.9 Å². The van der Waals surface area contributed by atoms with Gasteiger partial charge in [0, 0.05) is 18.8 Å². The number of nitrogens with one attached hydrogen (secondary N) is 1. The van der Waals surface area contributed by atoms with Gasteiger partial charge in [-0.15, -0.1) is 0 Å². The molecule has 74 valence electrons. The summed E-state index contributed by atoms with van der Waals surface area (Å²) in [5, 5.41) is 12.3. The molecule has 0 spiro atoms. The van der Waals surface area contributed by atoms with Crippen molar-refractivity contribution in [3.05, 3.63) is 24.0 Å². The van der Waals surface area contributed by atoms with E-state index in [1.807, 2.05) is 22.9 Å². The Labute approximate surface area is 84.3 Å². The third-order valence-electron chi connectivity index (χ3n) is 2.82. The van der Waals surface area contributed by atoms with Crippen molar-refractivity contribution in [2.24, 2.45) is 0 Å². The fourth-order valence-corrected chi connectivity index (χ4v) is 2.01. The number of nitrogens with zero attached hydrogens (tertiary/aromatic N) is 2. The van der Waals surface area contributed by atoms with Gasteiger partial charge in [0.1, 0.15) is 11.8 Å². The monoisotopic (exact) mass is 189 g/mol. The van der Waals surface area contributed by atoms with Crippen molar-refractivity contribution in [1.82, 2.24) is 9.88 Å². The molecule has 1 atom stereocenters. The summed E-state index contributed by atoms with van der Waals surface area (Å²) < 4.78 is 2.03. The Morgan fingerprint density at radius 1 is 1.64 bits per heavy atom. The van der Waals surface area contributed by atoms with Crippen LogP contribution in [-0.4, -0.2) is 17.2 Å². The van der Waals surface area contributed by atoms with Gasteiger partial charge in [0.25, 0.3) is 0 Å². The van der Waals surface area contributed by atoms with E-state index in [4.69, 9.17) is 5.26 Å². The van der Waals surface area contributed by atoms with Crippen LogP contribution < -0.4 is 5.32 Å². The molecule has 1 N–H and O–H groups in total. The van der Waals surface area contributed by atoms with E-state index in [2.05, 4.69) is 11.4 Å². The van der Waals surface area contributed by atoms with Crippen LogP contribution in [0.15, 0.2) is 18.3 Å². The highest BCUT2D eigenvalue weighted by Gasteiger charge is 2.13. The van der Waals surface area contributed by atoms with Crippen LogP contribution in [0.25, 0.3) is 0 Å². The van der Waals surface area contributed by atoms with E-state index in [1.165, 1.54) is 12.8 Å². The van der Waals surface area contributed by atoms with Crippen LogP contribution in [0.4, 0.5) is 0 Å². The van der Waals surface area contributed by atoms with Gasteiger partial charge in [-0.1, -0.05) is 0 Å². The molecule has 1 aromatic heterocycles. The Kier molecular flexibility index (Phi) is 2.85. The number of aryl methyl sites for hydroxylation is 1. The molecule has 0 bridgehead atoms. The molecule has 0 aliphatic carbocycles. The van der Waals surface area contributed by atoms with E-state index < -0.39 is 0 Å². The first-order chi connectivity index (χ1) is 6.90. The largest absolute Gasteiger partial charge is 0.339 e. The molecule has 1 fully saturated rings. The first-order valence-electron chi connectivity index (χ1n) is 5.19. The van der Waals surface area contributed by atoms with Gasteiger partial charge in [0.15, 0.2) is 0 Å². The highest BCUT2D eigenvalue weighted by molar-refractivity contribution is 5.21. The lowest BCUT2D eigenvalue weighted by Crippen LogP contribution is -2.22. The Bertz CT molecular complexity index is 329. The Morgan fingerprint density at radius 2 is 2.57 bits per heavy atom. The summed E-state index contributed by atoms with van der Waals surface area (Å²) in [6, 6.07) is 6.64. The zero-order valence-corrected chi connectivity index (χ0v) is 8.24. The lowest BCUT2D eigenvalue weighted by Gasteiger charge is -2.10. The third-order valence-corrected chi connectivity index (χ3v) is 2.82. The Balaban J connectivity index is 1.88. The summed E-state index contributed by atoms with van der Waals surface area (Å²) >= 11 is 0. The minimum atomic E-state index is 0.656. The molecular formula is C11H15N3. The van der Waals surface area contributed by atoms with Gasteiger partial charge < -0.3 is 9.88 Å². The standard InChI is InChI=1S/C11H15N3/c12-9-11-4-2-7-14(11)8-5-10-3-1-6-13-10/h2,4,7,10,13H,1,3,5-6,8H2. The smallest absolute Gasteiger partial charge is 0.120 e. The second-order valence-corrected chi connectivity index (χ2v) is 3.78. The predicted molar refractivity (Wildman–Crippen MR) is 54.8 cm³/mol. The summed E-state index contributed by atoms with van der Waals surface area (Å²) in [4.78, 5) is 0. The molecule has 0 amide bonds. The molecular weight excluding hydrogens is 174 g/mol. The van der Waals surface area contributed by atoms with Crippen LogP contribution in [-0.2, 0) is 6.54 Å². The molecule has 1 aliphatic rings. The van der Waals surface area contributed by atoms with Gasteiger partial charge >= 0.3 is 0 Å². The minimum absolute atomic E-state index is 0.656. The predicted octanol–water partition coefficient (Wildman–Crippen LogP) is 1.50. The Morgan fingerprint density at radius 3 is 3.29 bits per heavy atom. The van der Waals surface area contributed by atoms with E-state index in [9.17, 15) is 0 Å². The van der Waals surface area contributed by atoms with Gasteiger partial charge in [0.2, 0.25) is 0 Å². The quantitative estimate of drug-likeness (QED) is 0.782.